The Morgan fingerprint density at radius 1 is 0.895 bits per heavy atom. The van der Waals surface area contributed by atoms with Crippen molar-refractivity contribution in [3.05, 3.63) is 59.1 Å². The summed E-state index contributed by atoms with van der Waals surface area (Å²) in [6.45, 7) is 1.45. The van der Waals surface area contributed by atoms with E-state index in [4.69, 9.17) is 26.8 Å². The van der Waals surface area contributed by atoms with Crippen LogP contribution in [-0.4, -0.2) is 13.2 Å². The zero-order valence-corrected chi connectivity index (χ0v) is 11.3. The van der Waals surface area contributed by atoms with Crippen LogP contribution in [0.5, 0.6) is 11.5 Å². The summed E-state index contributed by atoms with van der Waals surface area (Å²) >= 11 is 5.86. The van der Waals surface area contributed by atoms with E-state index in [9.17, 15) is 0 Å². The Hall–Kier alpha value is -1.71. The number of benzene rings is 2. The van der Waals surface area contributed by atoms with Gasteiger partial charge in [0.15, 0.2) is 0 Å². The third-order valence-electron chi connectivity index (χ3n) is 2.55. The van der Waals surface area contributed by atoms with Crippen molar-refractivity contribution < 1.29 is 9.47 Å². The van der Waals surface area contributed by atoms with E-state index in [0.717, 1.165) is 17.1 Å². The highest BCUT2D eigenvalue weighted by Crippen LogP contribution is 2.17. The summed E-state index contributed by atoms with van der Waals surface area (Å²) in [4.78, 5) is 0. The fraction of sp³-hybridized carbons (Fsp3) is 0.200. The molecule has 0 atom stereocenters. The van der Waals surface area contributed by atoms with E-state index in [-0.39, 0.29) is 0 Å². The average Bonchev–Trinajstić information content (AvgIpc) is 2.44. The van der Waals surface area contributed by atoms with Crippen molar-refractivity contribution in [1.82, 2.24) is 0 Å². The van der Waals surface area contributed by atoms with Gasteiger partial charge in [0, 0.05) is 11.6 Å². The first-order valence-corrected chi connectivity index (χ1v) is 6.46. The van der Waals surface area contributed by atoms with E-state index in [1.54, 1.807) is 6.07 Å². The van der Waals surface area contributed by atoms with E-state index in [1.165, 1.54) is 0 Å². The molecule has 0 aliphatic heterocycles. The minimum atomic E-state index is 0.465. The maximum atomic E-state index is 5.86. The first-order valence-electron chi connectivity index (χ1n) is 6.08. The van der Waals surface area contributed by atoms with Crippen molar-refractivity contribution in [3.8, 4) is 11.5 Å². The van der Waals surface area contributed by atoms with Gasteiger partial charge in [0.05, 0.1) is 0 Å². The molecule has 0 radical (unpaired) electrons. The Bertz CT molecular complexity index is 531. The second-order valence-electron chi connectivity index (χ2n) is 4.01. The predicted octanol–water partition coefficient (Wildman–Crippen LogP) is 3.26. The second-order valence-corrected chi connectivity index (χ2v) is 4.44. The molecule has 2 aromatic carbocycles. The lowest BCUT2D eigenvalue weighted by Crippen LogP contribution is -2.09. The summed E-state index contributed by atoms with van der Waals surface area (Å²) in [7, 11) is 0. The van der Waals surface area contributed by atoms with Gasteiger partial charge in [-0.3, -0.25) is 0 Å². The maximum Gasteiger partial charge on any atom is 0.122 e. The average molecular weight is 278 g/mol. The van der Waals surface area contributed by atoms with Crippen LogP contribution in [0.25, 0.3) is 0 Å². The Morgan fingerprint density at radius 2 is 1.53 bits per heavy atom. The van der Waals surface area contributed by atoms with Crippen molar-refractivity contribution in [2.24, 2.45) is 5.73 Å². The van der Waals surface area contributed by atoms with Gasteiger partial charge in [-0.15, -0.1) is 0 Å². The Kier molecular flexibility index (Phi) is 5.07. The molecule has 0 aromatic heterocycles. The number of nitrogens with two attached hydrogens (primary N) is 1. The number of hydrogen-bond donors (Lipinski definition) is 1. The lowest BCUT2D eigenvalue weighted by atomic mass is 10.2. The van der Waals surface area contributed by atoms with Crippen LogP contribution in [-0.2, 0) is 6.54 Å². The highest BCUT2D eigenvalue weighted by molar-refractivity contribution is 6.30. The molecule has 2 rings (SSSR count). The molecule has 0 spiro atoms. The van der Waals surface area contributed by atoms with Crippen LogP contribution >= 0.6 is 11.6 Å². The van der Waals surface area contributed by atoms with E-state index in [1.807, 2.05) is 42.5 Å². The molecule has 19 heavy (non-hydrogen) atoms. The van der Waals surface area contributed by atoms with Gasteiger partial charge in [0.1, 0.15) is 24.7 Å². The van der Waals surface area contributed by atoms with Gasteiger partial charge < -0.3 is 15.2 Å². The molecule has 0 heterocycles. The summed E-state index contributed by atoms with van der Waals surface area (Å²) < 4.78 is 11.1. The third-order valence-corrected chi connectivity index (χ3v) is 2.79. The number of hydrogen-bond acceptors (Lipinski definition) is 3. The molecule has 3 nitrogen and oxygen atoms in total. The molecule has 100 valence electrons. The zero-order chi connectivity index (χ0) is 13.5. The smallest absolute Gasteiger partial charge is 0.122 e. The molecule has 0 aliphatic carbocycles. The molecule has 2 N–H and O–H groups in total. The van der Waals surface area contributed by atoms with Crippen molar-refractivity contribution in [3.63, 3.8) is 0 Å². The van der Waals surface area contributed by atoms with Crippen LogP contribution in [0.15, 0.2) is 48.5 Å². The Balaban J connectivity index is 1.77. The molecule has 0 saturated carbocycles. The lowest BCUT2D eigenvalue weighted by molar-refractivity contribution is 0.217. The topological polar surface area (TPSA) is 44.5 Å². The van der Waals surface area contributed by atoms with Gasteiger partial charge >= 0.3 is 0 Å². The number of ether oxygens (including phenoxy) is 2. The molecule has 0 amide bonds. The first kappa shape index (κ1) is 13.7. The van der Waals surface area contributed by atoms with E-state index in [0.29, 0.717) is 24.8 Å². The standard InChI is InChI=1S/C15H16ClNO2/c16-13-4-2-6-15(10-13)19-8-7-18-14-5-1-3-12(9-14)11-17/h1-6,9-10H,7-8,11,17H2. The molecule has 2 aromatic rings. The highest BCUT2D eigenvalue weighted by atomic mass is 35.5. The van der Waals surface area contributed by atoms with Gasteiger partial charge in [0.2, 0.25) is 0 Å². The van der Waals surface area contributed by atoms with Crippen LogP contribution in [0.3, 0.4) is 0 Å². The summed E-state index contributed by atoms with van der Waals surface area (Å²) in [6, 6.07) is 15.0. The van der Waals surface area contributed by atoms with Gasteiger partial charge in [-0.1, -0.05) is 29.8 Å². The largest absolute Gasteiger partial charge is 0.490 e. The lowest BCUT2D eigenvalue weighted by Gasteiger charge is -2.09. The zero-order valence-electron chi connectivity index (χ0n) is 10.5. The van der Waals surface area contributed by atoms with Gasteiger partial charge in [-0.05, 0) is 35.9 Å². The van der Waals surface area contributed by atoms with E-state index in [2.05, 4.69) is 0 Å². The van der Waals surface area contributed by atoms with E-state index >= 15 is 0 Å². The van der Waals surface area contributed by atoms with Crippen LogP contribution in [0.1, 0.15) is 5.56 Å². The molecule has 0 saturated heterocycles. The minimum absolute atomic E-state index is 0.465. The van der Waals surface area contributed by atoms with Crippen LogP contribution in [0, 0.1) is 0 Å². The van der Waals surface area contributed by atoms with Crippen molar-refractivity contribution in [2.45, 2.75) is 6.54 Å². The summed E-state index contributed by atoms with van der Waals surface area (Å²) in [5, 5.41) is 0.661. The van der Waals surface area contributed by atoms with Crippen molar-refractivity contribution >= 4 is 11.6 Å². The van der Waals surface area contributed by atoms with E-state index < -0.39 is 0 Å². The summed E-state index contributed by atoms with van der Waals surface area (Å²) in [6.07, 6.45) is 0. The van der Waals surface area contributed by atoms with Gasteiger partial charge in [-0.25, -0.2) is 0 Å². The SMILES string of the molecule is NCc1cccc(OCCOc2cccc(Cl)c2)c1. The van der Waals surface area contributed by atoms with Gasteiger partial charge in [0.25, 0.3) is 0 Å². The molecule has 0 fully saturated rings. The third kappa shape index (κ3) is 4.47. The molecule has 4 heteroatoms. The molecule has 0 aliphatic rings. The Labute approximate surface area is 117 Å². The van der Waals surface area contributed by atoms with Gasteiger partial charge in [-0.2, -0.15) is 0 Å². The predicted molar refractivity (Wildman–Crippen MR) is 76.8 cm³/mol. The first-order chi connectivity index (χ1) is 9.28. The maximum absolute atomic E-state index is 5.86. The normalized spacial score (nSPS) is 10.2. The molecular formula is C15H16ClNO2. The Morgan fingerprint density at radius 3 is 2.16 bits per heavy atom. The fourth-order valence-electron chi connectivity index (χ4n) is 1.64. The summed E-state index contributed by atoms with van der Waals surface area (Å²) in [5.74, 6) is 1.55. The highest BCUT2D eigenvalue weighted by Gasteiger charge is 1.97. The van der Waals surface area contributed by atoms with Crippen molar-refractivity contribution in [1.29, 1.82) is 0 Å². The van der Waals surface area contributed by atoms with Crippen LogP contribution in [0.2, 0.25) is 5.02 Å². The minimum Gasteiger partial charge on any atom is -0.490 e. The van der Waals surface area contributed by atoms with Crippen LogP contribution < -0.4 is 15.2 Å². The quantitative estimate of drug-likeness (QED) is 0.825. The monoisotopic (exact) mass is 277 g/mol. The fourth-order valence-corrected chi connectivity index (χ4v) is 1.82. The molecule has 0 bridgehead atoms. The molecular weight excluding hydrogens is 262 g/mol. The number of halogens is 1. The number of rotatable bonds is 6. The van der Waals surface area contributed by atoms with Crippen molar-refractivity contribution in [2.75, 3.05) is 13.2 Å². The summed E-state index contributed by atoms with van der Waals surface area (Å²) in [5.41, 5.74) is 6.62. The molecule has 0 unspecified atom stereocenters. The second kappa shape index (κ2) is 7.02. The van der Waals surface area contributed by atoms with Crippen LogP contribution in [0.4, 0.5) is 0 Å².